The number of hydrogen-bond acceptors (Lipinski definition) is 6. The largest absolute Gasteiger partial charge is 0.507 e. The number of aliphatic hydroxyl groups excluding tert-OH is 1. The number of benzene rings is 1. The highest BCUT2D eigenvalue weighted by molar-refractivity contribution is 7.10. The lowest BCUT2D eigenvalue weighted by Crippen LogP contribution is -2.37. The molecule has 1 saturated heterocycles. The monoisotopic (exact) mass is 470 g/mol. The molecule has 33 heavy (non-hydrogen) atoms. The van der Waals surface area contributed by atoms with Crippen molar-refractivity contribution >= 4 is 28.8 Å². The van der Waals surface area contributed by atoms with Crippen LogP contribution in [0.1, 0.15) is 56.5 Å². The third-order valence-corrected chi connectivity index (χ3v) is 6.97. The number of Topliss-reactive ketones (excluding diaryl/α,β-unsaturated/α-hetero) is 1. The van der Waals surface area contributed by atoms with E-state index in [9.17, 15) is 14.7 Å². The van der Waals surface area contributed by atoms with Gasteiger partial charge < -0.3 is 19.6 Å². The highest BCUT2D eigenvalue weighted by atomic mass is 32.1. The van der Waals surface area contributed by atoms with E-state index in [4.69, 9.17) is 4.74 Å². The van der Waals surface area contributed by atoms with E-state index >= 15 is 0 Å². The van der Waals surface area contributed by atoms with Gasteiger partial charge in [0.25, 0.3) is 11.7 Å². The predicted molar refractivity (Wildman–Crippen MR) is 133 cm³/mol. The third-order valence-electron chi connectivity index (χ3n) is 6.05. The topological polar surface area (TPSA) is 70.1 Å². The van der Waals surface area contributed by atoms with Crippen LogP contribution in [0.2, 0.25) is 0 Å². The maximum Gasteiger partial charge on any atom is 0.295 e. The number of carbonyl (C=O) groups is 2. The lowest BCUT2D eigenvalue weighted by molar-refractivity contribution is -0.140. The zero-order chi connectivity index (χ0) is 23.8. The number of ketones is 1. The average molecular weight is 471 g/mol. The molecule has 1 atom stereocenters. The Hall–Kier alpha value is -2.64. The molecule has 6 nitrogen and oxygen atoms in total. The first kappa shape index (κ1) is 25.0. The van der Waals surface area contributed by atoms with Crippen LogP contribution in [-0.2, 0) is 9.59 Å². The molecule has 1 fully saturated rings. The Balaban J connectivity index is 1.88. The second kappa shape index (κ2) is 12.0. The predicted octanol–water partition coefficient (Wildman–Crippen LogP) is 5.08. The highest BCUT2D eigenvalue weighted by Gasteiger charge is 2.46. The summed E-state index contributed by atoms with van der Waals surface area (Å²) < 4.78 is 5.75. The van der Waals surface area contributed by atoms with Gasteiger partial charge >= 0.3 is 0 Å². The Labute approximate surface area is 200 Å². The second-order valence-electron chi connectivity index (χ2n) is 8.11. The minimum absolute atomic E-state index is 0.144. The van der Waals surface area contributed by atoms with Crippen LogP contribution in [0.4, 0.5) is 0 Å². The SMILES string of the molecule is CCCCCOc1ccc(/C(O)=C2/C(=O)C(=O)N(CCN(CC)CC)C2c2cccs2)cc1. The number of carbonyl (C=O) groups excluding carboxylic acids is 2. The first-order chi connectivity index (χ1) is 16.0. The Bertz CT molecular complexity index is 949. The molecule has 1 aromatic heterocycles. The molecular weight excluding hydrogens is 436 g/mol. The summed E-state index contributed by atoms with van der Waals surface area (Å²) in [5.74, 6) is -0.616. The molecule has 1 aliphatic heterocycles. The molecule has 0 aliphatic carbocycles. The molecule has 0 saturated carbocycles. The number of likely N-dealkylation sites (N-methyl/N-ethyl adjacent to an activating group) is 1. The first-order valence-corrected chi connectivity index (χ1v) is 12.7. The van der Waals surface area contributed by atoms with Gasteiger partial charge in [0.1, 0.15) is 11.5 Å². The maximum absolute atomic E-state index is 13.0. The van der Waals surface area contributed by atoms with Gasteiger partial charge in [-0.15, -0.1) is 11.3 Å². The summed E-state index contributed by atoms with van der Waals surface area (Å²) >= 11 is 1.48. The molecule has 2 heterocycles. The molecule has 1 aromatic carbocycles. The van der Waals surface area contributed by atoms with Gasteiger partial charge in [-0.3, -0.25) is 9.59 Å². The lowest BCUT2D eigenvalue weighted by atomic mass is 10.00. The first-order valence-electron chi connectivity index (χ1n) is 11.8. The number of thiophene rings is 1. The van der Waals surface area contributed by atoms with Crippen molar-refractivity contribution in [2.24, 2.45) is 0 Å². The summed E-state index contributed by atoms with van der Waals surface area (Å²) in [7, 11) is 0. The number of ether oxygens (including phenoxy) is 1. The number of unbranched alkanes of at least 4 members (excludes halogenated alkanes) is 2. The van der Waals surface area contributed by atoms with Crippen molar-refractivity contribution in [3.63, 3.8) is 0 Å². The smallest absolute Gasteiger partial charge is 0.295 e. The van der Waals surface area contributed by atoms with E-state index < -0.39 is 17.7 Å². The number of hydrogen-bond donors (Lipinski definition) is 1. The van der Waals surface area contributed by atoms with Crippen LogP contribution < -0.4 is 4.74 Å². The van der Waals surface area contributed by atoms with Gasteiger partial charge in [0.15, 0.2) is 0 Å². The van der Waals surface area contributed by atoms with Gasteiger partial charge in [0.05, 0.1) is 18.2 Å². The number of rotatable bonds is 12. The minimum Gasteiger partial charge on any atom is -0.507 e. The number of likely N-dealkylation sites (tertiary alicyclic amines) is 1. The van der Waals surface area contributed by atoms with Crippen molar-refractivity contribution in [2.45, 2.75) is 46.1 Å². The van der Waals surface area contributed by atoms with Crippen LogP contribution in [0.25, 0.3) is 5.76 Å². The van der Waals surface area contributed by atoms with Crippen LogP contribution in [0, 0.1) is 0 Å². The van der Waals surface area contributed by atoms with E-state index in [1.807, 2.05) is 17.5 Å². The van der Waals surface area contributed by atoms with Gasteiger partial charge in [-0.25, -0.2) is 0 Å². The van der Waals surface area contributed by atoms with Crippen molar-refractivity contribution in [3.8, 4) is 5.75 Å². The summed E-state index contributed by atoms with van der Waals surface area (Å²) in [6.07, 6.45) is 3.25. The van der Waals surface area contributed by atoms with Crippen molar-refractivity contribution in [1.29, 1.82) is 0 Å². The van der Waals surface area contributed by atoms with Crippen LogP contribution >= 0.6 is 11.3 Å². The molecule has 0 spiro atoms. The molecule has 1 amide bonds. The minimum atomic E-state index is -0.634. The average Bonchev–Trinajstić information content (AvgIpc) is 3.45. The zero-order valence-electron chi connectivity index (χ0n) is 19.8. The molecule has 1 N–H and O–H groups in total. The molecule has 1 aliphatic rings. The van der Waals surface area contributed by atoms with E-state index in [1.54, 1.807) is 29.2 Å². The van der Waals surface area contributed by atoms with E-state index in [1.165, 1.54) is 11.3 Å². The fraction of sp³-hybridized carbons (Fsp3) is 0.462. The van der Waals surface area contributed by atoms with Crippen molar-refractivity contribution in [2.75, 3.05) is 32.8 Å². The molecule has 0 bridgehead atoms. The van der Waals surface area contributed by atoms with Crippen molar-refractivity contribution < 1.29 is 19.4 Å². The van der Waals surface area contributed by atoms with Gasteiger partial charge in [0.2, 0.25) is 0 Å². The van der Waals surface area contributed by atoms with E-state index in [-0.39, 0.29) is 11.3 Å². The number of amides is 1. The molecule has 7 heteroatoms. The third kappa shape index (κ3) is 5.84. The number of aliphatic hydroxyl groups is 1. The standard InChI is InChI=1S/C26H34N2O4S/c1-4-7-8-17-32-20-13-11-19(12-14-20)24(29)22-23(21-10-9-18-33-21)28(26(31)25(22)30)16-15-27(5-2)6-3/h9-14,18,23,29H,4-8,15-17H2,1-3H3/b24-22-. The van der Waals surface area contributed by atoms with E-state index in [0.717, 1.165) is 43.0 Å². The maximum atomic E-state index is 13.0. The molecule has 178 valence electrons. The summed E-state index contributed by atoms with van der Waals surface area (Å²) in [6.45, 7) is 9.79. The fourth-order valence-electron chi connectivity index (χ4n) is 4.05. The lowest BCUT2D eigenvalue weighted by Gasteiger charge is -2.27. The normalized spacial score (nSPS) is 17.8. The van der Waals surface area contributed by atoms with Gasteiger partial charge in [-0.1, -0.05) is 39.7 Å². The van der Waals surface area contributed by atoms with Crippen LogP contribution in [-0.4, -0.2) is 59.4 Å². The van der Waals surface area contributed by atoms with Gasteiger partial charge in [-0.2, -0.15) is 0 Å². The van der Waals surface area contributed by atoms with Crippen LogP contribution in [0.15, 0.2) is 47.4 Å². The van der Waals surface area contributed by atoms with E-state index in [2.05, 4.69) is 25.7 Å². The Kier molecular flexibility index (Phi) is 9.09. The Morgan fingerprint density at radius 2 is 1.82 bits per heavy atom. The molecule has 2 aromatic rings. The van der Waals surface area contributed by atoms with E-state index in [0.29, 0.717) is 25.3 Å². The van der Waals surface area contributed by atoms with Gasteiger partial charge in [-0.05, 0) is 55.2 Å². The summed E-state index contributed by atoms with van der Waals surface area (Å²) in [4.78, 5) is 30.7. The molecule has 0 radical (unpaired) electrons. The second-order valence-corrected chi connectivity index (χ2v) is 9.09. The Morgan fingerprint density at radius 1 is 1.09 bits per heavy atom. The van der Waals surface area contributed by atoms with Crippen molar-refractivity contribution in [1.82, 2.24) is 9.80 Å². The molecule has 1 unspecified atom stereocenters. The van der Waals surface area contributed by atoms with Crippen LogP contribution in [0.3, 0.4) is 0 Å². The summed E-state index contributed by atoms with van der Waals surface area (Å²) in [6, 6.07) is 10.3. The molecule has 3 rings (SSSR count). The fourth-order valence-corrected chi connectivity index (χ4v) is 4.89. The molecular formula is C26H34N2O4S. The van der Waals surface area contributed by atoms with Gasteiger partial charge in [0, 0.05) is 23.5 Å². The summed E-state index contributed by atoms with van der Waals surface area (Å²) in [5, 5.41) is 13.1. The van der Waals surface area contributed by atoms with Crippen LogP contribution in [0.5, 0.6) is 5.75 Å². The Morgan fingerprint density at radius 3 is 2.42 bits per heavy atom. The quantitative estimate of drug-likeness (QED) is 0.203. The van der Waals surface area contributed by atoms with Crippen molar-refractivity contribution in [3.05, 3.63) is 57.8 Å². The highest BCUT2D eigenvalue weighted by Crippen LogP contribution is 2.41. The summed E-state index contributed by atoms with van der Waals surface area (Å²) in [5.41, 5.74) is 0.651. The number of nitrogens with zero attached hydrogens (tertiary/aromatic N) is 2. The zero-order valence-corrected chi connectivity index (χ0v) is 20.6.